The van der Waals surface area contributed by atoms with Gasteiger partial charge in [-0.15, -0.1) is 0 Å². The zero-order chi connectivity index (χ0) is 28.4. The van der Waals surface area contributed by atoms with E-state index in [0.717, 1.165) is 36.4 Å². The van der Waals surface area contributed by atoms with Gasteiger partial charge in [0.05, 0.1) is 19.7 Å². The Labute approximate surface area is 216 Å². The van der Waals surface area contributed by atoms with E-state index in [1.54, 1.807) is 0 Å². The number of ether oxygens (including phenoxy) is 1. The van der Waals surface area contributed by atoms with Crippen LogP contribution in [-0.2, 0) is 0 Å². The van der Waals surface area contributed by atoms with E-state index < -0.39 is 65.4 Å². The summed E-state index contributed by atoms with van der Waals surface area (Å²) in [5, 5.41) is 65.2. The van der Waals surface area contributed by atoms with Gasteiger partial charge in [0, 0.05) is 24.3 Å². The molecule has 0 unspecified atom stereocenters. The van der Waals surface area contributed by atoms with Gasteiger partial charge in [-0.2, -0.15) is 0 Å². The first-order chi connectivity index (χ1) is 18.5. The molecule has 39 heavy (non-hydrogen) atoms. The van der Waals surface area contributed by atoms with Crippen LogP contribution in [0.15, 0.2) is 72.8 Å². The topological polar surface area (TPSA) is 222 Å². The summed E-state index contributed by atoms with van der Waals surface area (Å²) in [6.07, 6.45) is 0. The van der Waals surface area contributed by atoms with Gasteiger partial charge in [-0.3, -0.25) is 40.5 Å². The Kier molecular flexibility index (Phi) is 6.72. The van der Waals surface area contributed by atoms with Crippen LogP contribution in [-0.4, -0.2) is 29.9 Å². The molecule has 196 valence electrons. The highest BCUT2D eigenvalue weighted by molar-refractivity contribution is 5.74. The maximum Gasteiger partial charge on any atom is 0.311 e. The Morgan fingerprint density at radius 3 is 1.03 bits per heavy atom. The van der Waals surface area contributed by atoms with E-state index in [4.69, 9.17) is 4.74 Å². The fraction of sp³-hybridized carbons (Fsp3) is 0. The molecule has 15 heteroatoms. The zero-order valence-electron chi connectivity index (χ0n) is 19.3. The minimum absolute atomic E-state index is 0.236. The van der Waals surface area contributed by atoms with Gasteiger partial charge in [0.2, 0.25) is 11.5 Å². The number of phenolic OH excluding ortho intramolecular Hbond substituents is 2. The van der Waals surface area contributed by atoms with E-state index in [9.17, 15) is 50.7 Å². The molecule has 2 N–H and O–H groups in total. The summed E-state index contributed by atoms with van der Waals surface area (Å²) in [5.74, 6) is -2.12. The van der Waals surface area contributed by atoms with Crippen molar-refractivity contribution in [3.8, 4) is 45.3 Å². The lowest BCUT2D eigenvalue weighted by molar-refractivity contribution is -0.387. The highest BCUT2D eigenvalue weighted by Gasteiger charge is 2.24. The summed E-state index contributed by atoms with van der Waals surface area (Å²) in [5.41, 5.74) is -1.27. The smallest absolute Gasteiger partial charge is 0.311 e. The van der Waals surface area contributed by atoms with Gasteiger partial charge in [-0.05, 0) is 70.8 Å². The largest absolute Gasteiger partial charge is 0.502 e. The average Bonchev–Trinajstić information content (AvgIpc) is 2.87. The molecule has 4 aromatic carbocycles. The molecule has 4 rings (SSSR count). The third-order valence-electron chi connectivity index (χ3n) is 5.54. The normalized spacial score (nSPS) is 10.6. The molecule has 0 amide bonds. The summed E-state index contributed by atoms with van der Waals surface area (Å²) >= 11 is 0. The molecule has 0 aromatic heterocycles. The van der Waals surface area contributed by atoms with Gasteiger partial charge >= 0.3 is 22.7 Å². The fourth-order valence-corrected chi connectivity index (χ4v) is 3.69. The molecule has 4 aromatic rings. The Morgan fingerprint density at radius 1 is 0.462 bits per heavy atom. The van der Waals surface area contributed by atoms with Crippen molar-refractivity contribution in [3.63, 3.8) is 0 Å². The number of benzene rings is 4. The number of nitrogens with zero attached hydrogens (tertiary/aromatic N) is 4. The van der Waals surface area contributed by atoms with Gasteiger partial charge in [0.25, 0.3) is 0 Å². The van der Waals surface area contributed by atoms with Crippen molar-refractivity contribution in [2.45, 2.75) is 0 Å². The average molecular weight is 534 g/mol. The van der Waals surface area contributed by atoms with Gasteiger partial charge < -0.3 is 14.9 Å². The Morgan fingerprint density at radius 2 is 0.744 bits per heavy atom. The van der Waals surface area contributed by atoms with Crippen LogP contribution in [0.2, 0.25) is 0 Å². The summed E-state index contributed by atoms with van der Waals surface area (Å²) in [4.78, 5) is 42.1. The molecular weight excluding hydrogens is 520 g/mol. The van der Waals surface area contributed by atoms with Crippen molar-refractivity contribution in [1.82, 2.24) is 0 Å². The second kappa shape index (κ2) is 10.1. The Bertz CT molecular complexity index is 1560. The SMILES string of the molecule is O=[N+]([O-])c1ccc(-c2ccc([N+](=O)[O-])c(Oc3cc(-c4ccc([N+](=O)[O-])c(O)c4)ccc3[N+](=O)[O-])c2)cc1O. The maximum absolute atomic E-state index is 11.7. The molecule has 0 bridgehead atoms. The Hall–Kier alpha value is -6.12. The lowest BCUT2D eigenvalue weighted by atomic mass is 10.0. The molecule has 0 saturated heterocycles. The first-order valence-electron chi connectivity index (χ1n) is 10.7. The zero-order valence-corrected chi connectivity index (χ0v) is 19.3. The second-order valence-corrected chi connectivity index (χ2v) is 7.90. The molecule has 0 radical (unpaired) electrons. The van der Waals surface area contributed by atoms with E-state index in [1.807, 2.05) is 0 Å². The summed E-state index contributed by atoms with van der Waals surface area (Å²) < 4.78 is 5.65. The number of phenols is 2. The van der Waals surface area contributed by atoms with Crippen LogP contribution in [0.5, 0.6) is 23.0 Å². The van der Waals surface area contributed by atoms with Gasteiger partial charge in [-0.1, -0.05) is 0 Å². The lowest BCUT2D eigenvalue weighted by Crippen LogP contribution is -1.98. The minimum Gasteiger partial charge on any atom is -0.502 e. The number of nitro benzene ring substituents is 4. The molecule has 0 aliphatic carbocycles. The molecule has 0 saturated carbocycles. The van der Waals surface area contributed by atoms with Crippen molar-refractivity contribution in [3.05, 3.63) is 113 Å². The summed E-state index contributed by atoms with van der Waals surface area (Å²) in [6.45, 7) is 0. The van der Waals surface area contributed by atoms with Gasteiger partial charge in [0.15, 0.2) is 11.5 Å². The number of hydrogen-bond donors (Lipinski definition) is 2. The number of hydrogen-bond acceptors (Lipinski definition) is 11. The van der Waals surface area contributed by atoms with Crippen LogP contribution in [0.1, 0.15) is 0 Å². The number of rotatable bonds is 8. The molecule has 0 atom stereocenters. The van der Waals surface area contributed by atoms with E-state index in [-0.39, 0.29) is 22.3 Å². The van der Waals surface area contributed by atoms with E-state index >= 15 is 0 Å². The predicted molar refractivity (Wildman–Crippen MR) is 134 cm³/mol. The van der Waals surface area contributed by atoms with Crippen molar-refractivity contribution >= 4 is 22.7 Å². The van der Waals surface area contributed by atoms with Crippen LogP contribution in [0.4, 0.5) is 22.7 Å². The molecule has 0 aliphatic heterocycles. The van der Waals surface area contributed by atoms with Gasteiger partial charge in [0.1, 0.15) is 0 Å². The highest BCUT2D eigenvalue weighted by atomic mass is 16.6. The maximum atomic E-state index is 11.7. The Balaban J connectivity index is 1.81. The molecule has 15 nitrogen and oxygen atoms in total. The highest BCUT2D eigenvalue weighted by Crippen LogP contribution is 2.42. The lowest BCUT2D eigenvalue weighted by Gasteiger charge is -2.11. The van der Waals surface area contributed by atoms with E-state index in [0.29, 0.717) is 0 Å². The van der Waals surface area contributed by atoms with Crippen LogP contribution >= 0.6 is 0 Å². The fourth-order valence-electron chi connectivity index (χ4n) is 3.69. The first-order valence-corrected chi connectivity index (χ1v) is 10.7. The number of aromatic hydroxyl groups is 2. The molecule has 0 heterocycles. The third kappa shape index (κ3) is 5.21. The monoisotopic (exact) mass is 534 g/mol. The standard InChI is InChI=1S/C24H14N4O11/c29-21-9-13(1-5-17(21)25(31)32)15-3-7-19(27(35)36)23(11-15)39-24-12-16(4-8-20(24)28(37)38)14-2-6-18(26(33)34)22(30)10-14/h1-12,29-30H. The van der Waals surface area contributed by atoms with E-state index in [2.05, 4.69) is 0 Å². The van der Waals surface area contributed by atoms with Crippen molar-refractivity contribution in [2.75, 3.05) is 0 Å². The second-order valence-electron chi connectivity index (χ2n) is 7.90. The first kappa shape index (κ1) is 26.0. The molecule has 0 fully saturated rings. The van der Waals surface area contributed by atoms with Crippen molar-refractivity contribution in [2.24, 2.45) is 0 Å². The summed E-state index contributed by atoms with van der Waals surface area (Å²) in [7, 11) is 0. The van der Waals surface area contributed by atoms with Crippen molar-refractivity contribution in [1.29, 1.82) is 0 Å². The summed E-state index contributed by atoms with van der Waals surface area (Å²) in [6, 6.07) is 13.9. The predicted octanol–water partition coefficient (Wildman–Crippen LogP) is 5.86. The van der Waals surface area contributed by atoms with E-state index in [1.165, 1.54) is 36.4 Å². The quantitative estimate of drug-likeness (QED) is 0.201. The molecular formula is C24H14N4O11. The van der Waals surface area contributed by atoms with Crippen LogP contribution < -0.4 is 4.74 Å². The van der Waals surface area contributed by atoms with Crippen LogP contribution in [0.3, 0.4) is 0 Å². The molecule has 0 spiro atoms. The van der Waals surface area contributed by atoms with Crippen LogP contribution in [0.25, 0.3) is 22.3 Å². The molecule has 0 aliphatic rings. The third-order valence-corrected chi connectivity index (χ3v) is 5.54. The number of nitro groups is 4. The van der Waals surface area contributed by atoms with Crippen LogP contribution in [0, 0.1) is 40.5 Å². The minimum atomic E-state index is -0.791. The van der Waals surface area contributed by atoms with Gasteiger partial charge in [-0.25, -0.2) is 0 Å². The van der Waals surface area contributed by atoms with Crippen molar-refractivity contribution < 1.29 is 34.6 Å².